The van der Waals surface area contributed by atoms with Gasteiger partial charge < -0.3 is 20.0 Å². The first-order valence-electron chi connectivity index (χ1n) is 12.2. The Hall–Kier alpha value is -2.49. The molecule has 0 fully saturated rings. The molecule has 3 aromatic carbocycles. The van der Waals surface area contributed by atoms with Crippen LogP contribution in [0.15, 0.2) is 66.7 Å². The van der Waals surface area contributed by atoms with E-state index < -0.39 is 17.9 Å². The molecule has 0 saturated heterocycles. The molecule has 0 aliphatic rings. The Balaban J connectivity index is 0.00000481. The van der Waals surface area contributed by atoms with Crippen LogP contribution in [0.3, 0.4) is 0 Å². The van der Waals surface area contributed by atoms with Crippen LogP contribution >= 0.6 is 11.8 Å². The van der Waals surface area contributed by atoms with Crippen molar-refractivity contribution in [3.63, 3.8) is 0 Å². The van der Waals surface area contributed by atoms with Gasteiger partial charge in [-0.3, -0.25) is 4.79 Å². The number of thioether (sulfide) groups is 1. The molecule has 7 heteroatoms. The Morgan fingerprint density at radius 1 is 0.946 bits per heavy atom. The summed E-state index contributed by atoms with van der Waals surface area (Å²) in [6, 6.07) is 20.8. The Labute approximate surface area is 236 Å². The topological polar surface area (TPSA) is 78.5 Å². The molecule has 1 amide bonds. The fourth-order valence-corrected chi connectivity index (χ4v) is 4.45. The molecule has 1 N–H and O–H groups in total. The molecule has 0 bridgehead atoms. The summed E-state index contributed by atoms with van der Waals surface area (Å²) in [5.41, 5.74) is 6.44. The number of amides is 1. The van der Waals surface area contributed by atoms with Gasteiger partial charge in [0, 0.05) is 5.56 Å². The van der Waals surface area contributed by atoms with E-state index in [1.807, 2.05) is 49.6 Å². The third-order valence-electron chi connectivity index (χ3n) is 6.15. The summed E-state index contributed by atoms with van der Waals surface area (Å²) in [6.07, 6.45) is 2.20. The monoisotopic (exact) mass is 511 g/mol. The van der Waals surface area contributed by atoms with Crippen molar-refractivity contribution in [3.05, 3.63) is 94.5 Å². The zero-order valence-corrected chi connectivity index (χ0v) is 23.2. The average Bonchev–Trinajstić information content (AvgIpc) is 2.86. The molecule has 0 saturated carbocycles. The molecule has 0 spiro atoms. The van der Waals surface area contributed by atoms with E-state index in [9.17, 15) is 14.7 Å². The number of carboxylic acid groups (broad SMARTS) is 1. The van der Waals surface area contributed by atoms with Crippen LogP contribution < -0.4 is 29.3 Å². The van der Waals surface area contributed by atoms with Crippen LogP contribution in [-0.4, -0.2) is 29.9 Å². The molecule has 0 heterocycles. The van der Waals surface area contributed by atoms with Gasteiger partial charge in [0.05, 0.1) is 25.2 Å². The second kappa shape index (κ2) is 15.0. The zero-order valence-electron chi connectivity index (χ0n) is 22.4. The number of hydrogen-bond donors (Lipinski definition) is 1. The minimum Gasteiger partial charge on any atom is -0.548 e. The van der Waals surface area contributed by atoms with Crippen molar-refractivity contribution in [1.29, 1.82) is 0 Å². The summed E-state index contributed by atoms with van der Waals surface area (Å²) in [4.78, 5) is 24.7. The molecule has 3 aromatic rings. The van der Waals surface area contributed by atoms with Crippen LogP contribution in [0.5, 0.6) is 0 Å². The summed E-state index contributed by atoms with van der Waals surface area (Å²) in [7, 11) is 0. The second-order valence-electron chi connectivity index (χ2n) is 9.21. The molecule has 190 valence electrons. The summed E-state index contributed by atoms with van der Waals surface area (Å²) in [5.74, 6) is -0.606. The van der Waals surface area contributed by atoms with Gasteiger partial charge in [-0.1, -0.05) is 68.4 Å². The van der Waals surface area contributed by atoms with Gasteiger partial charge in [0.15, 0.2) is 0 Å². The SMILES string of the molecule is CSCC[C@H](NC(=O)c1ccc(COCc2ccc(C(C)C)cc2)cc1-c1ccccc1C)C(=O)[O-].[Li+]. The van der Waals surface area contributed by atoms with Gasteiger partial charge in [-0.05, 0) is 76.8 Å². The molecule has 37 heavy (non-hydrogen) atoms. The fourth-order valence-electron chi connectivity index (χ4n) is 3.98. The van der Waals surface area contributed by atoms with Gasteiger partial charge in [0.2, 0.25) is 0 Å². The third-order valence-corrected chi connectivity index (χ3v) is 6.79. The first-order chi connectivity index (χ1) is 17.3. The molecule has 5 nitrogen and oxygen atoms in total. The summed E-state index contributed by atoms with van der Waals surface area (Å²) < 4.78 is 5.98. The van der Waals surface area contributed by atoms with E-state index in [0.717, 1.165) is 27.8 Å². The van der Waals surface area contributed by atoms with E-state index >= 15 is 0 Å². The van der Waals surface area contributed by atoms with Crippen molar-refractivity contribution in [2.75, 3.05) is 12.0 Å². The fraction of sp³-hybridized carbons (Fsp3) is 0.333. The first kappa shape index (κ1) is 30.7. The van der Waals surface area contributed by atoms with Crippen molar-refractivity contribution in [2.45, 2.75) is 52.4 Å². The van der Waals surface area contributed by atoms with E-state index in [2.05, 4.69) is 43.4 Å². The van der Waals surface area contributed by atoms with Crippen LogP contribution in [0.4, 0.5) is 0 Å². The van der Waals surface area contributed by atoms with Gasteiger partial charge in [-0.2, -0.15) is 11.8 Å². The Kier molecular flexibility index (Phi) is 12.5. The first-order valence-corrected chi connectivity index (χ1v) is 13.6. The molecule has 0 radical (unpaired) electrons. The number of carbonyl (C=O) groups excluding carboxylic acids is 2. The van der Waals surface area contributed by atoms with Gasteiger partial charge in [-0.25, -0.2) is 0 Å². The number of carbonyl (C=O) groups is 2. The van der Waals surface area contributed by atoms with Gasteiger partial charge in [-0.15, -0.1) is 0 Å². The van der Waals surface area contributed by atoms with Crippen LogP contribution in [0.2, 0.25) is 0 Å². The third kappa shape index (κ3) is 8.79. The van der Waals surface area contributed by atoms with E-state index in [-0.39, 0.29) is 18.9 Å². The standard InChI is InChI=1S/C30H35NO4S.Li/c1-20(2)24-12-9-22(10-13-24)18-35-19-23-11-14-26(27(17-23)25-8-6-5-7-21(25)3)29(32)31-28(30(33)34)15-16-36-4;/h5-14,17,20,28H,15-16,18-19H2,1-4H3,(H,31,32)(H,33,34);/q;+1/p-1/t28-;/m0./s1. The molecule has 0 aliphatic heterocycles. The number of benzene rings is 3. The largest absolute Gasteiger partial charge is 1.00 e. The number of rotatable bonds is 12. The van der Waals surface area contributed by atoms with Crippen molar-refractivity contribution in [3.8, 4) is 11.1 Å². The normalized spacial score (nSPS) is 11.6. The van der Waals surface area contributed by atoms with Crippen molar-refractivity contribution < 1.29 is 38.3 Å². The smallest absolute Gasteiger partial charge is 0.548 e. The minimum absolute atomic E-state index is 0. The average molecular weight is 512 g/mol. The summed E-state index contributed by atoms with van der Waals surface area (Å²) in [5, 5.41) is 14.2. The summed E-state index contributed by atoms with van der Waals surface area (Å²) >= 11 is 1.53. The second-order valence-corrected chi connectivity index (χ2v) is 10.2. The maximum atomic E-state index is 13.2. The Morgan fingerprint density at radius 2 is 1.59 bits per heavy atom. The minimum atomic E-state index is -1.28. The van der Waals surface area contributed by atoms with Gasteiger partial charge >= 0.3 is 18.9 Å². The zero-order chi connectivity index (χ0) is 26.1. The quantitative estimate of drug-likeness (QED) is 0.377. The number of nitrogens with one attached hydrogen (secondary N) is 1. The van der Waals surface area contributed by atoms with Crippen molar-refractivity contribution in [1.82, 2.24) is 5.32 Å². The summed E-state index contributed by atoms with van der Waals surface area (Å²) in [6.45, 7) is 7.21. The van der Waals surface area contributed by atoms with E-state index in [0.29, 0.717) is 36.9 Å². The van der Waals surface area contributed by atoms with Crippen LogP contribution in [0.1, 0.15) is 58.8 Å². The van der Waals surface area contributed by atoms with E-state index in [1.54, 1.807) is 6.07 Å². The number of aryl methyl sites for hydroxylation is 1. The Morgan fingerprint density at radius 3 is 2.22 bits per heavy atom. The molecular weight excluding hydrogens is 477 g/mol. The van der Waals surface area contributed by atoms with Crippen LogP contribution in [0.25, 0.3) is 11.1 Å². The molecule has 1 atom stereocenters. The van der Waals surface area contributed by atoms with Gasteiger partial charge in [0.25, 0.3) is 5.91 Å². The van der Waals surface area contributed by atoms with E-state index in [1.165, 1.54) is 17.3 Å². The number of aliphatic carboxylic acids is 1. The molecule has 0 aliphatic carbocycles. The Bertz CT molecular complexity index is 1180. The van der Waals surface area contributed by atoms with Crippen molar-refractivity contribution in [2.24, 2.45) is 0 Å². The number of hydrogen-bond acceptors (Lipinski definition) is 5. The maximum absolute atomic E-state index is 13.2. The number of ether oxygens (including phenoxy) is 1. The molecular formula is C30H34LiNO4S. The molecule has 3 rings (SSSR count). The van der Waals surface area contributed by atoms with Crippen LogP contribution in [-0.2, 0) is 22.7 Å². The van der Waals surface area contributed by atoms with Crippen molar-refractivity contribution >= 4 is 23.6 Å². The predicted molar refractivity (Wildman–Crippen MR) is 145 cm³/mol. The van der Waals surface area contributed by atoms with E-state index in [4.69, 9.17) is 4.74 Å². The molecule has 0 unspecified atom stereocenters. The number of carboxylic acids is 1. The van der Waals surface area contributed by atoms with Crippen LogP contribution in [0, 0.1) is 6.92 Å². The predicted octanol–water partition coefficient (Wildman–Crippen LogP) is 2.11. The maximum Gasteiger partial charge on any atom is 1.00 e. The molecule has 0 aromatic heterocycles. The van der Waals surface area contributed by atoms with Gasteiger partial charge in [0.1, 0.15) is 0 Å².